The number of nitrogens with one attached hydrogen (secondary N) is 3. The zero-order valence-corrected chi connectivity index (χ0v) is 19.4. The van der Waals surface area contributed by atoms with E-state index in [0.717, 1.165) is 11.4 Å². The standard InChI is InChI=1S/C21H25N5O4S2/c1-15-12-18(32(28,29)23-13-17-6-4-3-5-7-17)8-9-19(15)30-14-20(27)22-10-11-31-21-24-16(2)25-26-21/h3-9,12,23H,10-11,13-14H2,1-2H3,(H,22,27)(H,24,25,26). The molecule has 0 unspecified atom stereocenters. The predicted octanol–water partition coefficient (Wildman–Crippen LogP) is 2.19. The summed E-state index contributed by atoms with van der Waals surface area (Å²) in [5.41, 5.74) is 1.49. The molecule has 0 spiro atoms. The van der Waals surface area contributed by atoms with Crippen LogP contribution in [0.2, 0.25) is 0 Å². The molecule has 0 saturated carbocycles. The number of sulfonamides is 1. The number of aromatic amines is 1. The summed E-state index contributed by atoms with van der Waals surface area (Å²) in [6.07, 6.45) is 0. The first-order chi connectivity index (χ1) is 15.3. The van der Waals surface area contributed by atoms with Gasteiger partial charge in [0.1, 0.15) is 11.6 Å². The lowest BCUT2D eigenvalue weighted by atomic mass is 10.2. The minimum absolute atomic E-state index is 0.141. The van der Waals surface area contributed by atoms with Crippen LogP contribution in [0.1, 0.15) is 17.0 Å². The minimum Gasteiger partial charge on any atom is -0.484 e. The monoisotopic (exact) mass is 475 g/mol. The lowest BCUT2D eigenvalue weighted by Gasteiger charge is -2.12. The number of carbonyl (C=O) groups is 1. The molecule has 1 amide bonds. The maximum Gasteiger partial charge on any atom is 0.257 e. The van der Waals surface area contributed by atoms with Gasteiger partial charge >= 0.3 is 0 Å². The number of thioether (sulfide) groups is 1. The first kappa shape index (κ1) is 23.8. The zero-order valence-electron chi connectivity index (χ0n) is 17.8. The number of nitrogens with zero attached hydrogens (tertiary/aromatic N) is 2. The number of carbonyl (C=O) groups excluding carboxylic acids is 1. The van der Waals surface area contributed by atoms with Gasteiger partial charge < -0.3 is 10.1 Å². The summed E-state index contributed by atoms with van der Waals surface area (Å²) in [5.74, 6) is 1.56. The van der Waals surface area contributed by atoms with Crippen LogP contribution in [0.4, 0.5) is 0 Å². The maximum absolute atomic E-state index is 12.6. The molecule has 0 fully saturated rings. The number of aryl methyl sites for hydroxylation is 2. The number of amides is 1. The third-order valence-electron chi connectivity index (χ3n) is 4.36. The number of hydrogen-bond donors (Lipinski definition) is 3. The van der Waals surface area contributed by atoms with Gasteiger partial charge in [0, 0.05) is 18.8 Å². The van der Waals surface area contributed by atoms with Crippen molar-refractivity contribution in [1.29, 1.82) is 0 Å². The van der Waals surface area contributed by atoms with Crippen LogP contribution in [0.3, 0.4) is 0 Å². The molecule has 170 valence electrons. The highest BCUT2D eigenvalue weighted by Crippen LogP contribution is 2.22. The smallest absolute Gasteiger partial charge is 0.257 e. The van der Waals surface area contributed by atoms with E-state index < -0.39 is 10.0 Å². The summed E-state index contributed by atoms with van der Waals surface area (Å²) >= 11 is 1.43. The summed E-state index contributed by atoms with van der Waals surface area (Å²) in [6.45, 7) is 4.04. The van der Waals surface area contributed by atoms with E-state index in [0.29, 0.717) is 28.8 Å². The molecule has 0 radical (unpaired) electrons. The molecule has 0 aliphatic rings. The van der Waals surface area contributed by atoms with Crippen LogP contribution in [-0.2, 0) is 21.4 Å². The number of ether oxygens (including phenoxy) is 1. The van der Waals surface area contributed by atoms with E-state index in [1.54, 1.807) is 13.0 Å². The van der Waals surface area contributed by atoms with Gasteiger partial charge in [-0.25, -0.2) is 18.1 Å². The van der Waals surface area contributed by atoms with Crippen LogP contribution >= 0.6 is 11.8 Å². The molecule has 2 aromatic carbocycles. The van der Waals surface area contributed by atoms with E-state index >= 15 is 0 Å². The number of aromatic nitrogens is 3. The summed E-state index contributed by atoms with van der Waals surface area (Å²) < 4.78 is 33.2. The zero-order chi connectivity index (χ0) is 23.0. The Hall–Kier alpha value is -2.89. The first-order valence-electron chi connectivity index (χ1n) is 9.89. The van der Waals surface area contributed by atoms with Crippen molar-refractivity contribution in [3.63, 3.8) is 0 Å². The van der Waals surface area contributed by atoms with Gasteiger partial charge in [-0.1, -0.05) is 42.1 Å². The van der Waals surface area contributed by atoms with Crippen LogP contribution in [-0.4, -0.2) is 48.4 Å². The summed E-state index contributed by atoms with van der Waals surface area (Å²) in [5, 5.41) is 10.2. The second kappa shape index (κ2) is 11.1. The van der Waals surface area contributed by atoms with Crippen LogP contribution in [0, 0.1) is 13.8 Å². The highest BCUT2D eigenvalue weighted by Gasteiger charge is 2.16. The maximum atomic E-state index is 12.6. The second-order valence-corrected chi connectivity index (χ2v) is 9.76. The Labute approximate surface area is 191 Å². The Kier molecular flexibility index (Phi) is 8.26. The normalized spacial score (nSPS) is 11.3. The second-order valence-electron chi connectivity index (χ2n) is 6.93. The molecule has 1 heterocycles. The average molecular weight is 476 g/mol. The molecule has 0 atom stereocenters. The Morgan fingerprint density at radius 2 is 1.94 bits per heavy atom. The van der Waals surface area contributed by atoms with Gasteiger partial charge in [-0.2, -0.15) is 0 Å². The van der Waals surface area contributed by atoms with Gasteiger partial charge in [-0.15, -0.1) is 5.10 Å². The summed E-state index contributed by atoms with van der Waals surface area (Å²) in [4.78, 5) is 16.3. The number of H-pyrrole nitrogens is 1. The van der Waals surface area contributed by atoms with E-state index in [9.17, 15) is 13.2 Å². The van der Waals surface area contributed by atoms with Gasteiger partial charge in [0.2, 0.25) is 15.2 Å². The summed E-state index contributed by atoms with van der Waals surface area (Å²) in [7, 11) is -3.66. The van der Waals surface area contributed by atoms with E-state index in [2.05, 4.69) is 25.2 Å². The van der Waals surface area contributed by atoms with Crippen molar-refractivity contribution >= 4 is 27.7 Å². The largest absolute Gasteiger partial charge is 0.484 e. The minimum atomic E-state index is -3.66. The van der Waals surface area contributed by atoms with Crippen molar-refractivity contribution in [2.24, 2.45) is 0 Å². The fraction of sp³-hybridized carbons (Fsp3) is 0.286. The Morgan fingerprint density at radius 3 is 2.62 bits per heavy atom. The molecule has 1 aromatic heterocycles. The van der Waals surface area contributed by atoms with Crippen LogP contribution in [0.25, 0.3) is 0 Å². The molecule has 11 heteroatoms. The molecular formula is C21H25N5O4S2. The molecule has 0 saturated heterocycles. The highest BCUT2D eigenvalue weighted by atomic mass is 32.2. The average Bonchev–Trinajstić information content (AvgIpc) is 3.20. The van der Waals surface area contributed by atoms with E-state index in [1.807, 2.05) is 37.3 Å². The quantitative estimate of drug-likeness (QED) is 0.287. The fourth-order valence-corrected chi connectivity index (χ4v) is 4.52. The van der Waals surface area contributed by atoms with Crippen molar-refractivity contribution in [3.8, 4) is 5.75 Å². The van der Waals surface area contributed by atoms with Gasteiger partial charge in [-0.05, 0) is 43.2 Å². The third kappa shape index (κ3) is 7.08. The molecule has 3 N–H and O–H groups in total. The third-order valence-corrected chi connectivity index (χ3v) is 6.60. The number of hydrogen-bond acceptors (Lipinski definition) is 7. The van der Waals surface area contributed by atoms with Gasteiger partial charge in [0.25, 0.3) is 5.91 Å². The van der Waals surface area contributed by atoms with Gasteiger partial charge in [0.15, 0.2) is 6.61 Å². The molecule has 0 aliphatic carbocycles. The van der Waals surface area contributed by atoms with Crippen LogP contribution in [0.15, 0.2) is 58.6 Å². The molecule has 3 aromatic rings. The number of benzene rings is 2. The predicted molar refractivity (Wildman–Crippen MR) is 122 cm³/mol. The van der Waals surface area contributed by atoms with Crippen molar-refractivity contribution in [2.75, 3.05) is 18.9 Å². The molecule has 0 aliphatic heterocycles. The van der Waals surface area contributed by atoms with E-state index in [4.69, 9.17) is 4.74 Å². The molecule has 32 heavy (non-hydrogen) atoms. The number of rotatable bonds is 11. The lowest BCUT2D eigenvalue weighted by molar-refractivity contribution is -0.122. The van der Waals surface area contributed by atoms with E-state index in [1.165, 1.54) is 23.9 Å². The van der Waals surface area contributed by atoms with E-state index in [-0.39, 0.29) is 24.0 Å². The van der Waals surface area contributed by atoms with Crippen molar-refractivity contribution in [3.05, 3.63) is 65.5 Å². The van der Waals surface area contributed by atoms with Crippen molar-refractivity contribution in [2.45, 2.75) is 30.4 Å². The van der Waals surface area contributed by atoms with Crippen molar-refractivity contribution in [1.82, 2.24) is 25.2 Å². The van der Waals surface area contributed by atoms with Crippen molar-refractivity contribution < 1.29 is 17.9 Å². The molecule has 3 rings (SSSR count). The fourth-order valence-electron chi connectivity index (χ4n) is 2.72. The molecule has 9 nitrogen and oxygen atoms in total. The lowest BCUT2D eigenvalue weighted by Crippen LogP contribution is -2.30. The SMILES string of the molecule is Cc1nc(SCCNC(=O)COc2ccc(S(=O)(=O)NCc3ccccc3)cc2C)n[nH]1. The molecular weight excluding hydrogens is 450 g/mol. The Bertz CT molecular complexity index is 1150. The highest BCUT2D eigenvalue weighted by molar-refractivity contribution is 7.99. The Morgan fingerprint density at radius 1 is 1.16 bits per heavy atom. The topological polar surface area (TPSA) is 126 Å². The van der Waals surface area contributed by atoms with Crippen LogP contribution < -0.4 is 14.8 Å². The summed E-state index contributed by atoms with van der Waals surface area (Å²) in [6, 6.07) is 13.8. The van der Waals surface area contributed by atoms with Gasteiger partial charge in [0.05, 0.1) is 4.90 Å². The molecule has 0 bridgehead atoms. The first-order valence-corrected chi connectivity index (χ1v) is 12.4. The van der Waals surface area contributed by atoms with Crippen LogP contribution in [0.5, 0.6) is 5.75 Å². The Balaban J connectivity index is 1.45. The van der Waals surface area contributed by atoms with Gasteiger partial charge in [-0.3, -0.25) is 9.89 Å².